The van der Waals surface area contributed by atoms with Gasteiger partial charge in [-0.15, -0.1) is 11.8 Å². The van der Waals surface area contributed by atoms with Crippen LogP contribution in [-0.2, 0) is 25.8 Å². The number of anilines is 1. The molecule has 0 radical (unpaired) electrons. The van der Waals surface area contributed by atoms with E-state index in [0.29, 0.717) is 16.7 Å². The molecule has 2 aromatic heterocycles. The SMILES string of the molecule is CON=C(C(=O)NC1C(=O)N2C(C(=O)O)=C(C[n+]3ccc4c(O)cccc4c3)CS[C@@H]12)c1coc(N)n1. The summed E-state index contributed by atoms with van der Waals surface area (Å²) in [6.07, 6.45) is 4.66. The van der Waals surface area contributed by atoms with E-state index in [1.54, 1.807) is 35.2 Å². The van der Waals surface area contributed by atoms with Gasteiger partial charge in [-0.1, -0.05) is 11.2 Å². The number of nitrogens with one attached hydrogen (secondary N) is 1. The summed E-state index contributed by atoms with van der Waals surface area (Å²) in [6, 6.07) is 5.74. The number of oxime groups is 1. The summed E-state index contributed by atoms with van der Waals surface area (Å²) in [6.45, 7) is 0.228. The molecule has 0 saturated carbocycles. The fourth-order valence-corrected chi connectivity index (χ4v) is 5.62. The highest BCUT2D eigenvalue weighted by Crippen LogP contribution is 2.40. The molecule has 14 heteroatoms. The number of carbonyl (C=O) groups is 3. The highest BCUT2D eigenvalue weighted by Gasteiger charge is 2.54. The number of rotatable bonds is 7. The number of aromatic nitrogens is 2. The van der Waals surface area contributed by atoms with Crippen molar-refractivity contribution in [3.8, 4) is 5.75 Å². The van der Waals surface area contributed by atoms with E-state index < -0.39 is 29.2 Å². The predicted octanol–water partition coefficient (Wildman–Crippen LogP) is 0.192. The fourth-order valence-electron chi connectivity index (χ4n) is 4.28. The number of nitrogens with zero attached hydrogens (tertiary/aromatic N) is 4. The Morgan fingerprint density at radius 2 is 2.22 bits per heavy atom. The number of oxazole rings is 1. The summed E-state index contributed by atoms with van der Waals surface area (Å²) >= 11 is 1.34. The van der Waals surface area contributed by atoms with Gasteiger partial charge in [0, 0.05) is 28.2 Å². The third-order valence-electron chi connectivity index (χ3n) is 5.93. The van der Waals surface area contributed by atoms with Crippen LogP contribution >= 0.6 is 11.8 Å². The number of amides is 2. The lowest BCUT2D eigenvalue weighted by atomic mass is 10.0. The first-order valence-electron chi connectivity index (χ1n) is 10.9. The van der Waals surface area contributed by atoms with Gasteiger partial charge in [0.2, 0.25) is 0 Å². The van der Waals surface area contributed by atoms with Crippen LogP contribution in [0, 0.1) is 0 Å². The van der Waals surface area contributed by atoms with Crippen molar-refractivity contribution in [1.82, 2.24) is 15.2 Å². The molecule has 5 rings (SSSR count). The van der Waals surface area contributed by atoms with E-state index in [4.69, 9.17) is 15.0 Å². The minimum absolute atomic E-state index is 0.0194. The number of nitrogen functional groups attached to an aromatic ring is 1. The molecule has 37 heavy (non-hydrogen) atoms. The van der Waals surface area contributed by atoms with E-state index in [1.165, 1.54) is 23.8 Å². The molecule has 2 amide bonds. The van der Waals surface area contributed by atoms with Crippen LogP contribution in [0.5, 0.6) is 5.75 Å². The number of carboxylic acid groups (broad SMARTS) is 1. The van der Waals surface area contributed by atoms with Crippen LogP contribution in [-0.4, -0.2) is 67.9 Å². The Hall–Kier alpha value is -4.59. The van der Waals surface area contributed by atoms with Crippen molar-refractivity contribution in [3.05, 3.63) is 59.9 Å². The van der Waals surface area contributed by atoms with Crippen molar-refractivity contribution in [3.63, 3.8) is 0 Å². The molecule has 3 aromatic rings. The summed E-state index contributed by atoms with van der Waals surface area (Å²) in [5, 5.41) is 27.0. The second kappa shape index (κ2) is 9.46. The average molecular weight is 526 g/mol. The molecule has 5 N–H and O–H groups in total. The van der Waals surface area contributed by atoms with Gasteiger partial charge in [-0.05, 0) is 12.1 Å². The average Bonchev–Trinajstić information content (AvgIpc) is 3.31. The molecule has 13 nitrogen and oxygen atoms in total. The van der Waals surface area contributed by atoms with E-state index in [-0.39, 0.29) is 35.4 Å². The number of β-lactam (4-membered cyclic amide) rings is 1. The molecular formula is C23H21N6O7S+. The molecule has 0 bridgehead atoms. The number of fused-ring (bicyclic) bond motifs is 2. The second-order valence-corrected chi connectivity index (χ2v) is 9.31. The highest BCUT2D eigenvalue weighted by molar-refractivity contribution is 8.00. The molecule has 190 valence electrons. The van der Waals surface area contributed by atoms with Crippen molar-refractivity contribution in [2.24, 2.45) is 5.16 Å². The molecule has 2 atom stereocenters. The molecule has 0 aliphatic carbocycles. The zero-order valence-corrected chi connectivity index (χ0v) is 20.1. The Morgan fingerprint density at radius 1 is 1.41 bits per heavy atom. The first kappa shape index (κ1) is 24.1. The zero-order chi connectivity index (χ0) is 26.3. The Morgan fingerprint density at radius 3 is 2.92 bits per heavy atom. The number of carboxylic acids is 1. The maximum absolute atomic E-state index is 13.0. The van der Waals surface area contributed by atoms with Gasteiger partial charge in [0.05, 0.1) is 0 Å². The first-order chi connectivity index (χ1) is 17.8. The zero-order valence-electron chi connectivity index (χ0n) is 19.3. The number of hydrogen-bond acceptors (Lipinski definition) is 10. The summed E-state index contributed by atoms with van der Waals surface area (Å²) in [4.78, 5) is 47.8. The van der Waals surface area contributed by atoms with Gasteiger partial charge >= 0.3 is 5.97 Å². The van der Waals surface area contributed by atoms with Crippen molar-refractivity contribution in [1.29, 1.82) is 0 Å². The molecule has 4 heterocycles. The van der Waals surface area contributed by atoms with E-state index in [2.05, 4.69) is 15.5 Å². The minimum atomic E-state index is -1.24. The summed E-state index contributed by atoms with van der Waals surface area (Å²) in [5.74, 6) is -2.08. The standard InChI is InChI=1S/C23H20N6O7S/c1-35-27-16(14-9-36-23(24)25-14)19(31)26-17-20(32)29-18(22(33)34)12(10-37-21(17)29)8-28-6-5-13-11(7-28)3-2-4-15(13)30/h2-7,9,17,21H,8,10H2,1H3,(H4-,24,25,26,30,31,33,34)/p+1/t17?,21-/m0/s1. The third-order valence-corrected chi connectivity index (χ3v) is 7.27. The molecule has 1 saturated heterocycles. The predicted molar refractivity (Wildman–Crippen MR) is 130 cm³/mol. The van der Waals surface area contributed by atoms with E-state index in [1.807, 2.05) is 6.07 Å². The summed E-state index contributed by atoms with van der Waals surface area (Å²) in [7, 11) is 1.24. The van der Waals surface area contributed by atoms with Crippen LogP contribution in [0.2, 0.25) is 0 Å². The normalized spacial score (nSPS) is 19.4. The van der Waals surface area contributed by atoms with E-state index in [9.17, 15) is 24.6 Å². The number of phenols is 1. The van der Waals surface area contributed by atoms with Crippen LogP contribution in [0.4, 0.5) is 6.01 Å². The monoisotopic (exact) mass is 525 g/mol. The maximum Gasteiger partial charge on any atom is 0.352 e. The fraction of sp³-hybridized carbons (Fsp3) is 0.217. The molecular weight excluding hydrogens is 504 g/mol. The number of benzene rings is 1. The number of nitrogens with two attached hydrogens (primary N) is 1. The number of phenolic OH excluding ortho intramolecular Hbond substituents is 1. The van der Waals surface area contributed by atoms with Crippen LogP contribution in [0.15, 0.2) is 63.8 Å². The van der Waals surface area contributed by atoms with Crippen LogP contribution < -0.4 is 15.6 Å². The van der Waals surface area contributed by atoms with Gasteiger partial charge in [-0.2, -0.15) is 4.98 Å². The van der Waals surface area contributed by atoms with Crippen LogP contribution in [0.1, 0.15) is 5.69 Å². The van der Waals surface area contributed by atoms with Crippen molar-refractivity contribution in [2.45, 2.75) is 18.0 Å². The Bertz CT molecular complexity index is 1500. The van der Waals surface area contributed by atoms with Gasteiger partial charge in [-0.25, -0.2) is 9.36 Å². The number of pyridine rings is 1. The maximum atomic E-state index is 13.0. The van der Waals surface area contributed by atoms with E-state index in [0.717, 1.165) is 11.6 Å². The van der Waals surface area contributed by atoms with Crippen molar-refractivity contribution < 1.29 is 38.4 Å². The lowest BCUT2D eigenvalue weighted by Crippen LogP contribution is -2.71. The van der Waals surface area contributed by atoms with Crippen LogP contribution in [0.25, 0.3) is 10.8 Å². The first-order valence-corrected chi connectivity index (χ1v) is 12.0. The van der Waals surface area contributed by atoms with Crippen molar-refractivity contribution in [2.75, 3.05) is 18.6 Å². The molecule has 1 aromatic carbocycles. The Kier molecular flexibility index (Phi) is 6.17. The molecule has 1 unspecified atom stereocenters. The lowest BCUT2D eigenvalue weighted by Gasteiger charge is -2.49. The topological polar surface area (TPSA) is 184 Å². The highest BCUT2D eigenvalue weighted by atomic mass is 32.2. The molecule has 1 fully saturated rings. The van der Waals surface area contributed by atoms with Gasteiger partial charge in [-0.3, -0.25) is 14.5 Å². The Balaban J connectivity index is 1.36. The van der Waals surface area contributed by atoms with Crippen molar-refractivity contribution >= 4 is 52.0 Å². The van der Waals surface area contributed by atoms with Gasteiger partial charge in [0.15, 0.2) is 24.7 Å². The lowest BCUT2D eigenvalue weighted by molar-refractivity contribution is -0.687. The molecule has 2 aliphatic heterocycles. The third kappa shape index (κ3) is 4.31. The number of hydrogen-bond donors (Lipinski definition) is 4. The number of aliphatic carboxylic acids is 1. The molecule has 2 aliphatic rings. The van der Waals surface area contributed by atoms with Gasteiger partial charge < -0.3 is 30.5 Å². The van der Waals surface area contributed by atoms with Crippen LogP contribution in [0.3, 0.4) is 0 Å². The van der Waals surface area contributed by atoms with Gasteiger partial charge in [0.1, 0.15) is 41.9 Å². The quantitative estimate of drug-likeness (QED) is 0.144. The number of aromatic hydroxyl groups is 1. The number of thioether (sulfide) groups is 1. The van der Waals surface area contributed by atoms with Gasteiger partial charge in [0.25, 0.3) is 17.8 Å². The van der Waals surface area contributed by atoms with E-state index >= 15 is 0 Å². The smallest absolute Gasteiger partial charge is 0.352 e. The minimum Gasteiger partial charge on any atom is -0.507 e. The largest absolute Gasteiger partial charge is 0.507 e. The Labute approximate surface area is 213 Å². The molecule has 0 spiro atoms. The second-order valence-electron chi connectivity index (χ2n) is 8.21. The number of carbonyl (C=O) groups excluding carboxylic acids is 2. The summed E-state index contributed by atoms with van der Waals surface area (Å²) < 4.78 is 6.70. The summed E-state index contributed by atoms with van der Waals surface area (Å²) in [5.41, 5.74) is 5.66.